The van der Waals surface area contributed by atoms with Crippen LogP contribution in [0.15, 0.2) is 84.9 Å². The molecule has 51 heavy (non-hydrogen) atoms. The largest absolute Gasteiger partial charge is 0.486 e. The number of fused-ring (bicyclic) bond motifs is 1. The van der Waals surface area contributed by atoms with Gasteiger partial charge in [-0.1, -0.05) is 49.4 Å². The monoisotopic (exact) mass is 709 g/mol. The maximum Gasteiger partial charge on any atom is 0.416 e. The average molecular weight is 710 g/mol. The van der Waals surface area contributed by atoms with Gasteiger partial charge >= 0.3 is 6.18 Å². The van der Waals surface area contributed by atoms with Gasteiger partial charge < -0.3 is 20.1 Å². The maximum absolute atomic E-state index is 14.2. The van der Waals surface area contributed by atoms with E-state index in [1.165, 1.54) is 18.2 Å². The highest BCUT2D eigenvalue weighted by Crippen LogP contribution is 2.35. The number of carbonyl (C=O) groups is 2. The van der Waals surface area contributed by atoms with Gasteiger partial charge in [0, 0.05) is 32.0 Å². The number of anilines is 1. The number of aliphatic hydroxyl groups is 1. The number of para-hydroxylation sites is 1. The van der Waals surface area contributed by atoms with Gasteiger partial charge in [0.05, 0.1) is 35.9 Å². The number of carbonyl (C=O) groups excluding carboxylic acids is 2. The third-order valence-corrected chi connectivity index (χ3v) is 8.98. The van der Waals surface area contributed by atoms with Gasteiger partial charge in [0.15, 0.2) is 5.75 Å². The minimum Gasteiger partial charge on any atom is -0.486 e. The number of halogens is 5. The molecule has 0 radical (unpaired) electrons. The minimum atomic E-state index is -4.49. The van der Waals surface area contributed by atoms with Crippen molar-refractivity contribution in [2.75, 3.05) is 32.1 Å². The fourth-order valence-corrected chi connectivity index (χ4v) is 6.10. The normalized spacial score (nSPS) is 17.0. The van der Waals surface area contributed by atoms with Gasteiger partial charge in [-0.15, -0.1) is 0 Å². The summed E-state index contributed by atoms with van der Waals surface area (Å²) in [6, 6.07) is 19.6. The van der Waals surface area contributed by atoms with E-state index < -0.39 is 41.4 Å². The first kappa shape index (κ1) is 37.4. The van der Waals surface area contributed by atoms with E-state index in [1.54, 1.807) is 30.0 Å². The number of nitrogens with zero attached hydrogens (tertiary/aromatic N) is 2. The number of likely N-dealkylation sites (N-methyl/N-ethyl adjacent to an activating group) is 1. The van der Waals surface area contributed by atoms with Crippen LogP contribution in [0.5, 0.6) is 5.75 Å². The molecule has 0 saturated carbocycles. The Morgan fingerprint density at radius 2 is 1.67 bits per heavy atom. The summed E-state index contributed by atoms with van der Waals surface area (Å²) in [4.78, 5) is 30.6. The molecule has 1 aliphatic heterocycles. The van der Waals surface area contributed by atoms with E-state index in [4.69, 9.17) is 4.74 Å². The molecule has 0 aromatic heterocycles. The Morgan fingerprint density at radius 3 is 2.33 bits per heavy atom. The van der Waals surface area contributed by atoms with Crippen LogP contribution in [0.2, 0.25) is 0 Å². The lowest BCUT2D eigenvalue weighted by atomic mass is 9.98. The smallest absolute Gasteiger partial charge is 0.416 e. The summed E-state index contributed by atoms with van der Waals surface area (Å²) in [6.07, 6.45) is -4.93. The zero-order chi connectivity index (χ0) is 36.9. The van der Waals surface area contributed by atoms with Gasteiger partial charge in [-0.05, 0) is 78.7 Å². The van der Waals surface area contributed by atoms with E-state index in [2.05, 4.69) is 10.2 Å². The summed E-state index contributed by atoms with van der Waals surface area (Å²) in [5, 5.41) is 12.8. The second kappa shape index (κ2) is 16.0. The van der Waals surface area contributed by atoms with Crippen LogP contribution in [0.25, 0.3) is 0 Å². The summed E-state index contributed by atoms with van der Waals surface area (Å²) in [5.74, 6) is -1.89. The summed E-state index contributed by atoms with van der Waals surface area (Å²) < 4.78 is 73.4. The number of hydrogen-bond acceptors (Lipinski definition) is 5. The Hall–Kier alpha value is -4.81. The fourth-order valence-electron chi connectivity index (χ4n) is 6.10. The number of rotatable bonds is 11. The molecule has 5 rings (SSSR count). The van der Waals surface area contributed by atoms with Crippen LogP contribution in [-0.4, -0.2) is 65.6 Å². The fraction of sp³-hybridized carbons (Fsp3) is 0.333. The first-order valence-corrected chi connectivity index (χ1v) is 16.6. The molecule has 1 aliphatic rings. The third-order valence-electron chi connectivity index (χ3n) is 8.98. The van der Waals surface area contributed by atoms with Gasteiger partial charge in [0.2, 0.25) is 5.91 Å². The van der Waals surface area contributed by atoms with Crippen molar-refractivity contribution >= 4 is 17.5 Å². The number of nitrogens with one attached hydrogen (secondary N) is 1. The molecule has 0 saturated heterocycles. The number of ether oxygens (including phenoxy) is 1. The Morgan fingerprint density at radius 1 is 1.00 bits per heavy atom. The molecule has 0 aliphatic carbocycles. The third kappa shape index (κ3) is 9.50. The second-order valence-corrected chi connectivity index (χ2v) is 13.2. The van der Waals surface area contributed by atoms with Gasteiger partial charge in [0.25, 0.3) is 5.91 Å². The molecule has 0 unspecified atom stereocenters. The highest BCUT2D eigenvalue weighted by Gasteiger charge is 2.35. The quantitative estimate of drug-likeness (QED) is 0.162. The van der Waals surface area contributed by atoms with E-state index in [1.807, 2.05) is 38.2 Å². The first-order chi connectivity index (χ1) is 24.2. The topological polar surface area (TPSA) is 82.1 Å². The van der Waals surface area contributed by atoms with Crippen molar-refractivity contribution in [2.45, 2.75) is 51.6 Å². The van der Waals surface area contributed by atoms with E-state index >= 15 is 0 Å². The standard InChI is InChI=1S/C39H40F5N3O4/c1-24-20-47(25(2)23-48)38(50)32-5-4-6-34(45-36(49)18-27-11-13-30(14-12-27)39(42,43)44)37(32)51-35(24)22-46(3)21-28-9-7-26(8-10-28)17-29-19-31(40)15-16-33(29)41/h4-16,19,24-25,35,48H,17-18,20-23H2,1-3H3,(H,45,49)/t24-,25+,35-/m1/s1. The van der Waals surface area contributed by atoms with Crippen molar-refractivity contribution in [3.63, 3.8) is 0 Å². The lowest BCUT2D eigenvalue weighted by molar-refractivity contribution is -0.137. The van der Waals surface area contributed by atoms with E-state index in [-0.39, 0.29) is 53.8 Å². The SMILES string of the molecule is C[C@@H]1CN([C@@H](C)CO)C(=O)c2cccc(NC(=O)Cc3ccc(C(F)(F)F)cc3)c2O[C@@H]1CN(C)Cc1ccc(Cc2cc(F)ccc2F)cc1. The molecule has 4 aromatic carbocycles. The van der Waals surface area contributed by atoms with Crippen LogP contribution < -0.4 is 10.1 Å². The van der Waals surface area contributed by atoms with Crippen LogP contribution in [-0.2, 0) is 30.4 Å². The summed E-state index contributed by atoms with van der Waals surface area (Å²) in [6.45, 7) is 4.67. The van der Waals surface area contributed by atoms with E-state index in [9.17, 15) is 36.6 Å². The van der Waals surface area contributed by atoms with Crippen molar-refractivity contribution in [3.8, 4) is 5.75 Å². The van der Waals surface area contributed by atoms with Crippen LogP contribution in [0.3, 0.4) is 0 Å². The zero-order valence-corrected chi connectivity index (χ0v) is 28.5. The number of benzene rings is 4. The molecule has 3 atom stereocenters. The van der Waals surface area contributed by atoms with E-state index in [0.29, 0.717) is 25.2 Å². The molecule has 2 amide bonds. The molecule has 270 valence electrons. The molecule has 7 nitrogen and oxygen atoms in total. The number of hydrogen-bond donors (Lipinski definition) is 2. The molecule has 0 spiro atoms. The van der Waals surface area contributed by atoms with Crippen molar-refractivity contribution in [3.05, 3.63) is 130 Å². The Labute approximate surface area is 293 Å². The van der Waals surface area contributed by atoms with Gasteiger partial charge in [-0.2, -0.15) is 13.2 Å². The van der Waals surface area contributed by atoms with Gasteiger partial charge in [0.1, 0.15) is 17.7 Å². The lowest BCUT2D eigenvalue weighted by Crippen LogP contribution is -2.49. The Kier molecular flexibility index (Phi) is 11.8. The van der Waals surface area contributed by atoms with Gasteiger partial charge in [-0.25, -0.2) is 8.78 Å². The molecule has 0 fully saturated rings. The maximum atomic E-state index is 14.2. The second-order valence-electron chi connectivity index (χ2n) is 13.2. The van der Waals surface area contributed by atoms with Crippen molar-refractivity contribution in [1.82, 2.24) is 9.80 Å². The molecular formula is C39H40F5N3O4. The van der Waals surface area contributed by atoms with Crippen molar-refractivity contribution in [1.29, 1.82) is 0 Å². The van der Waals surface area contributed by atoms with Crippen LogP contribution >= 0.6 is 0 Å². The lowest BCUT2D eigenvalue weighted by Gasteiger charge is -2.38. The van der Waals surface area contributed by atoms with Crippen LogP contribution in [0.4, 0.5) is 27.6 Å². The minimum absolute atomic E-state index is 0.164. The van der Waals surface area contributed by atoms with Crippen molar-refractivity contribution < 1.29 is 41.4 Å². The zero-order valence-electron chi connectivity index (χ0n) is 28.5. The molecular weight excluding hydrogens is 669 g/mol. The average Bonchev–Trinajstić information content (AvgIpc) is 3.08. The predicted octanol–water partition coefficient (Wildman–Crippen LogP) is 7.11. The van der Waals surface area contributed by atoms with Crippen LogP contribution in [0.1, 0.15) is 52.0 Å². The Balaban J connectivity index is 1.33. The highest BCUT2D eigenvalue weighted by molar-refractivity contribution is 6.02. The number of alkyl halides is 3. The molecule has 1 heterocycles. The highest BCUT2D eigenvalue weighted by atomic mass is 19.4. The molecule has 4 aromatic rings. The molecule has 12 heteroatoms. The van der Waals surface area contributed by atoms with E-state index in [0.717, 1.165) is 35.4 Å². The summed E-state index contributed by atoms with van der Waals surface area (Å²) >= 11 is 0. The van der Waals surface area contributed by atoms with Crippen molar-refractivity contribution in [2.24, 2.45) is 5.92 Å². The Bertz CT molecular complexity index is 1830. The molecule has 2 N–H and O–H groups in total. The van der Waals surface area contributed by atoms with Crippen LogP contribution in [0, 0.1) is 17.6 Å². The summed E-state index contributed by atoms with van der Waals surface area (Å²) in [7, 11) is 1.92. The number of aliphatic hydroxyl groups excluding tert-OH is 1. The number of amides is 2. The first-order valence-electron chi connectivity index (χ1n) is 16.6. The summed E-state index contributed by atoms with van der Waals surface area (Å²) in [5.41, 5.74) is 2.07. The van der Waals surface area contributed by atoms with Gasteiger partial charge in [-0.3, -0.25) is 14.5 Å². The predicted molar refractivity (Wildman–Crippen MR) is 183 cm³/mol. The molecule has 0 bridgehead atoms.